The van der Waals surface area contributed by atoms with Crippen molar-refractivity contribution >= 4 is 23.1 Å². The van der Waals surface area contributed by atoms with Gasteiger partial charge in [0.05, 0.1) is 0 Å². The van der Waals surface area contributed by atoms with Gasteiger partial charge in [0.2, 0.25) is 5.91 Å². The fourth-order valence-electron chi connectivity index (χ4n) is 1.47. The van der Waals surface area contributed by atoms with Crippen molar-refractivity contribution < 1.29 is 9.21 Å². The van der Waals surface area contributed by atoms with Crippen LogP contribution in [0.4, 0.5) is 0 Å². The number of benzene rings is 1. The van der Waals surface area contributed by atoms with Crippen LogP contribution in [0.5, 0.6) is 0 Å². The van der Waals surface area contributed by atoms with E-state index in [0.29, 0.717) is 5.89 Å². The lowest BCUT2D eigenvalue weighted by atomic mass is 10.2. The lowest BCUT2D eigenvalue weighted by Crippen LogP contribution is -2.07. The van der Waals surface area contributed by atoms with E-state index in [4.69, 9.17) is 10.2 Å². The van der Waals surface area contributed by atoms with Gasteiger partial charge in [0.25, 0.3) is 0 Å². The summed E-state index contributed by atoms with van der Waals surface area (Å²) in [5.41, 5.74) is 7.59. The largest absolute Gasteiger partial charge is 0.441 e. The zero-order chi connectivity index (χ0) is 11.5. The van der Waals surface area contributed by atoms with E-state index in [0.717, 1.165) is 16.7 Å². The quantitative estimate of drug-likeness (QED) is 0.853. The van der Waals surface area contributed by atoms with Crippen molar-refractivity contribution in [1.82, 2.24) is 4.98 Å². The van der Waals surface area contributed by atoms with E-state index < -0.39 is 0 Å². The van der Waals surface area contributed by atoms with Crippen molar-refractivity contribution in [2.45, 2.75) is 13.3 Å². The maximum absolute atomic E-state index is 10.5. The standard InChI is InChI=1S/C12H12N2O2/c1-8-14-10-7-9(3-2-4-12(13)15)5-6-11(10)16-8/h2-3,5-7H,4H2,1H3,(H2,13,15). The minimum absolute atomic E-state index is 0.246. The number of nitrogens with zero attached hydrogens (tertiary/aromatic N) is 1. The second kappa shape index (κ2) is 4.18. The zero-order valence-corrected chi connectivity index (χ0v) is 8.93. The molecule has 2 N–H and O–H groups in total. The summed E-state index contributed by atoms with van der Waals surface area (Å²) >= 11 is 0. The number of fused-ring (bicyclic) bond motifs is 1. The van der Waals surface area contributed by atoms with E-state index in [-0.39, 0.29) is 12.3 Å². The van der Waals surface area contributed by atoms with Gasteiger partial charge in [0, 0.05) is 13.3 Å². The highest BCUT2D eigenvalue weighted by Gasteiger charge is 2.01. The predicted molar refractivity (Wildman–Crippen MR) is 61.6 cm³/mol. The van der Waals surface area contributed by atoms with Crippen molar-refractivity contribution in [3.8, 4) is 0 Å². The number of rotatable bonds is 3. The van der Waals surface area contributed by atoms with Gasteiger partial charge in [0.1, 0.15) is 5.52 Å². The van der Waals surface area contributed by atoms with Gasteiger partial charge in [-0.1, -0.05) is 18.2 Å². The van der Waals surface area contributed by atoms with Crippen molar-refractivity contribution in [3.63, 3.8) is 0 Å². The second-order valence-electron chi connectivity index (χ2n) is 3.53. The van der Waals surface area contributed by atoms with Gasteiger partial charge in [0.15, 0.2) is 11.5 Å². The van der Waals surface area contributed by atoms with Crippen LogP contribution in [0.1, 0.15) is 17.9 Å². The Kier molecular flexibility index (Phi) is 2.72. The Balaban J connectivity index is 2.25. The summed E-state index contributed by atoms with van der Waals surface area (Å²) in [4.78, 5) is 14.8. The van der Waals surface area contributed by atoms with E-state index in [1.165, 1.54) is 0 Å². The predicted octanol–water partition coefficient (Wildman–Crippen LogP) is 2.02. The molecule has 0 unspecified atom stereocenters. The molecule has 1 amide bonds. The van der Waals surface area contributed by atoms with Crippen LogP contribution in [-0.2, 0) is 4.79 Å². The van der Waals surface area contributed by atoms with Crippen molar-refractivity contribution in [3.05, 3.63) is 35.7 Å². The Morgan fingerprint density at radius 1 is 1.56 bits per heavy atom. The number of primary amides is 1. The molecule has 1 aromatic heterocycles. The van der Waals surface area contributed by atoms with Gasteiger partial charge in [-0.25, -0.2) is 4.98 Å². The van der Waals surface area contributed by atoms with Crippen LogP contribution in [0.25, 0.3) is 17.2 Å². The molecule has 4 nitrogen and oxygen atoms in total. The minimum atomic E-state index is -0.338. The summed E-state index contributed by atoms with van der Waals surface area (Å²) in [6.45, 7) is 1.81. The molecule has 4 heteroatoms. The first-order valence-corrected chi connectivity index (χ1v) is 4.97. The van der Waals surface area contributed by atoms with E-state index in [1.807, 2.05) is 31.2 Å². The van der Waals surface area contributed by atoms with Crippen LogP contribution in [0.2, 0.25) is 0 Å². The summed E-state index contributed by atoms with van der Waals surface area (Å²) in [5, 5.41) is 0. The third kappa shape index (κ3) is 2.28. The number of carbonyl (C=O) groups excluding carboxylic acids is 1. The fraction of sp³-hybridized carbons (Fsp3) is 0.167. The van der Waals surface area contributed by atoms with Crippen LogP contribution < -0.4 is 5.73 Å². The Morgan fingerprint density at radius 3 is 3.12 bits per heavy atom. The Labute approximate surface area is 92.8 Å². The van der Waals surface area contributed by atoms with Crippen LogP contribution in [0.15, 0.2) is 28.7 Å². The molecular weight excluding hydrogens is 204 g/mol. The number of nitrogens with two attached hydrogens (primary N) is 1. The molecule has 1 aromatic carbocycles. The summed E-state index contributed by atoms with van der Waals surface area (Å²) in [5.74, 6) is 0.308. The van der Waals surface area contributed by atoms with Crippen LogP contribution in [0, 0.1) is 6.92 Å². The van der Waals surface area contributed by atoms with E-state index in [9.17, 15) is 4.79 Å². The normalized spacial score (nSPS) is 11.3. The number of aromatic nitrogens is 1. The third-order valence-corrected chi connectivity index (χ3v) is 2.15. The molecule has 0 aliphatic carbocycles. The summed E-state index contributed by atoms with van der Waals surface area (Å²) in [7, 11) is 0. The molecule has 0 radical (unpaired) electrons. The summed E-state index contributed by atoms with van der Waals surface area (Å²) < 4.78 is 5.36. The molecule has 0 atom stereocenters. The maximum Gasteiger partial charge on any atom is 0.221 e. The van der Waals surface area contributed by atoms with Gasteiger partial charge >= 0.3 is 0 Å². The number of aryl methyl sites for hydroxylation is 1. The van der Waals surface area contributed by atoms with Crippen LogP contribution >= 0.6 is 0 Å². The Hall–Kier alpha value is -2.10. The molecule has 0 spiro atoms. The monoisotopic (exact) mass is 216 g/mol. The molecule has 2 rings (SSSR count). The number of hydrogen-bond donors (Lipinski definition) is 1. The number of amides is 1. The van der Waals surface area contributed by atoms with E-state index in [2.05, 4.69) is 4.98 Å². The first kappa shape index (κ1) is 10.4. The van der Waals surface area contributed by atoms with E-state index in [1.54, 1.807) is 6.08 Å². The van der Waals surface area contributed by atoms with Crippen molar-refractivity contribution in [2.75, 3.05) is 0 Å². The van der Waals surface area contributed by atoms with Crippen molar-refractivity contribution in [1.29, 1.82) is 0 Å². The van der Waals surface area contributed by atoms with Crippen molar-refractivity contribution in [2.24, 2.45) is 5.73 Å². The first-order chi connectivity index (χ1) is 7.65. The van der Waals surface area contributed by atoms with Crippen LogP contribution in [0.3, 0.4) is 0 Å². The van der Waals surface area contributed by atoms with Crippen LogP contribution in [-0.4, -0.2) is 10.9 Å². The van der Waals surface area contributed by atoms with Gasteiger partial charge in [-0.05, 0) is 17.7 Å². The Bertz CT molecular complexity index is 555. The number of carbonyl (C=O) groups is 1. The molecule has 1 heterocycles. The topological polar surface area (TPSA) is 69.1 Å². The molecule has 0 aliphatic heterocycles. The molecule has 0 fully saturated rings. The van der Waals surface area contributed by atoms with Gasteiger partial charge in [-0.2, -0.15) is 0 Å². The maximum atomic E-state index is 10.5. The van der Waals surface area contributed by atoms with Gasteiger partial charge < -0.3 is 10.2 Å². The summed E-state index contributed by atoms with van der Waals surface area (Å²) in [6, 6.07) is 5.67. The highest BCUT2D eigenvalue weighted by Crippen LogP contribution is 2.17. The number of hydrogen-bond acceptors (Lipinski definition) is 3. The first-order valence-electron chi connectivity index (χ1n) is 4.97. The molecule has 0 aliphatic rings. The lowest BCUT2D eigenvalue weighted by Gasteiger charge is -1.92. The Morgan fingerprint density at radius 2 is 2.38 bits per heavy atom. The molecular formula is C12H12N2O2. The lowest BCUT2D eigenvalue weighted by molar-refractivity contribution is -0.117. The number of oxazole rings is 1. The highest BCUT2D eigenvalue weighted by atomic mass is 16.3. The SMILES string of the molecule is Cc1nc2cc(C=CCC(N)=O)ccc2o1. The molecule has 2 aromatic rings. The fourth-order valence-corrected chi connectivity index (χ4v) is 1.47. The molecule has 0 bridgehead atoms. The average molecular weight is 216 g/mol. The molecule has 16 heavy (non-hydrogen) atoms. The minimum Gasteiger partial charge on any atom is -0.441 e. The van der Waals surface area contributed by atoms with Gasteiger partial charge in [-0.3, -0.25) is 4.79 Å². The average Bonchev–Trinajstić information content (AvgIpc) is 2.56. The molecule has 82 valence electrons. The van der Waals surface area contributed by atoms with Gasteiger partial charge in [-0.15, -0.1) is 0 Å². The highest BCUT2D eigenvalue weighted by molar-refractivity contribution is 5.78. The smallest absolute Gasteiger partial charge is 0.221 e. The second-order valence-corrected chi connectivity index (χ2v) is 3.53. The summed E-state index contributed by atoms with van der Waals surface area (Å²) in [6.07, 6.45) is 3.82. The molecule has 0 saturated carbocycles. The van der Waals surface area contributed by atoms with E-state index >= 15 is 0 Å². The third-order valence-electron chi connectivity index (χ3n) is 2.15. The zero-order valence-electron chi connectivity index (χ0n) is 8.93. The molecule has 0 saturated heterocycles.